The molecule has 0 aromatic heterocycles. The van der Waals surface area contributed by atoms with E-state index >= 15 is 0 Å². The number of nitrogens with zero attached hydrogens (tertiary/aromatic N) is 2. The molecule has 4 nitrogen and oxygen atoms in total. The van der Waals surface area contributed by atoms with Crippen molar-refractivity contribution < 1.29 is 9.90 Å². The molecule has 0 aliphatic carbocycles. The zero-order valence-electron chi connectivity index (χ0n) is 12.8. The Hall–Kier alpha value is -2.90. The minimum atomic E-state index is -0.192. The van der Waals surface area contributed by atoms with Crippen molar-refractivity contribution in [3.05, 3.63) is 72.3 Å². The molecule has 23 heavy (non-hydrogen) atoms. The van der Waals surface area contributed by atoms with Crippen LogP contribution in [0.25, 0.3) is 11.1 Å². The Morgan fingerprint density at radius 2 is 1.83 bits per heavy atom. The van der Waals surface area contributed by atoms with Crippen molar-refractivity contribution >= 4 is 5.91 Å². The van der Waals surface area contributed by atoms with Crippen LogP contribution in [-0.4, -0.2) is 35.6 Å². The molecule has 0 spiro atoms. The lowest BCUT2D eigenvalue weighted by molar-refractivity contribution is 0.0743. The van der Waals surface area contributed by atoms with Crippen molar-refractivity contribution in [1.82, 2.24) is 4.90 Å². The number of hydrogen-bond donors (Lipinski definition) is 1. The molecule has 0 saturated carbocycles. The molecule has 1 N–H and O–H groups in total. The SMILES string of the molecule is C=CCN(CCO)C(=O)c1ccccc1-c1ccccc1C#N. The third kappa shape index (κ3) is 3.65. The highest BCUT2D eigenvalue weighted by molar-refractivity contribution is 6.01. The van der Waals surface area contributed by atoms with Gasteiger partial charge >= 0.3 is 0 Å². The summed E-state index contributed by atoms with van der Waals surface area (Å²) in [7, 11) is 0. The average molecular weight is 306 g/mol. The van der Waals surface area contributed by atoms with Crippen LogP contribution in [0.5, 0.6) is 0 Å². The monoisotopic (exact) mass is 306 g/mol. The van der Waals surface area contributed by atoms with Crippen LogP contribution in [0.15, 0.2) is 61.2 Å². The normalized spacial score (nSPS) is 9.91. The molecule has 116 valence electrons. The average Bonchev–Trinajstić information content (AvgIpc) is 2.61. The van der Waals surface area contributed by atoms with Gasteiger partial charge in [0.25, 0.3) is 5.91 Å². The predicted molar refractivity (Wildman–Crippen MR) is 89.8 cm³/mol. The van der Waals surface area contributed by atoms with Gasteiger partial charge in [0.05, 0.1) is 18.2 Å². The maximum absolute atomic E-state index is 12.8. The van der Waals surface area contributed by atoms with Crippen LogP contribution >= 0.6 is 0 Å². The molecule has 0 unspecified atom stereocenters. The first-order chi connectivity index (χ1) is 11.2. The second kappa shape index (κ2) is 7.92. The summed E-state index contributed by atoms with van der Waals surface area (Å²) in [6.45, 7) is 4.12. The Morgan fingerprint density at radius 1 is 1.17 bits per heavy atom. The number of rotatable bonds is 6. The zero-order valence-corrected chi connectivity index (χ0v) is 12.8. The highest BCUT2D eigenvalue weighted by Gasteiger charge is 2.19. The van der Waals surface area contributed by atoms with Gasteiger partial charge in [-0.15, -0.1) is 6.58 Å². The number of aliphatic hydroxyl groups excluding tert-OH is 1. The van der Waals surface area contributed by atoms with E-state index in [-0.39, 0.29) is 19.1 Å². The molecule has 4 heteroatoms. The van der Waals surface area contributed by atoms with Gasteiger partial charge in [0.15, 0.2) is 0 Å². The van der Waals surface area contributed by atoms with Crippen molar-refractivity contribution in [3.8, 4) is 17.2 Å². The number of nitriles is 1. The van der Waals surface area contributed by atoms with Gasteiger partial charge in [-0.05, 0) is 17.7 Å². The van der Waals surface area contributed by atoms with Crippen LogP contribution < -0.4 is 0 Å². The molecule has 2 rings (SSSR count). The summed E-state index contributed by atoms with van der Waals surface area (Å²) < 4.78 is 0. The van der Waals surface area contributed by atoms with E-state index in [9.17, 15) is 10.1 Å². The van der Waals surface area contributed by atoms with Crippen LogP contribution in [0.4, 0.5) is 0 Å². The number of carbonyl (C=O) groups is 1. The van der Waals surface area contributed by atoms with Gasteiger partial charge in [0.2, 0.25) is 0 Å². The van der Waals surface area contributed by atoms with Gasteiger partial charge in [-0.1, -0.05) is 42.5 Å². The third-order valence-corrected chi connectivity index (χ3v) is 3.50. The molecule has 0 atom stereocenters. The van der Waals surface area contributed by atoms with E-state index in [0.717, 1.165) is 5.56 Å². The number of carbonyl (C=O) groups excluding carboxylic acids is 1. The van der Waals surface area contributed by atoms with E-state index in [1.807, 2.05) is 24.3 Å². The Labute approximate surface area is 135 Å². The lowest BCUT2D eigenvalue weighted by atomic mass is 9.95. The van der Waals surface area contributed by atoms with Gasteiger partial charge in [-0.3, -0.25) is 4.79 Å². The smallest absolute Gasteiger partial charge is 0.254 e. The molecule has 0 heterocycles. The fraction of sp³-hybridized carbons (Fsp3) is 0.158. The minimum absolute atomic E-state index is 0.115. The van der Waals surface area contributed by atoms with E-state index in [1.54, 1.807) is 30.3 Å². The Bertz CT molecular complexity index is 747. The first kappa shape index (κ1) is 16.5. The summed E-state index contributed by atoms with van der Waals surface area (Å²) in [6.07, 6.45) is 1.62. The summed E-state index contributed by atoms with van der Waals surface area (Å²) in [6, 6.07) is 16.5. The second-order valence-electron chi connectivity index (χ2n) is 4.97. The molecule has 0 fully saturated rings. The molecular weight excluding hydrogens is 288 g/mol. The second-order valence-corrected chi connectivity index (χ2v) is 4.97. The van der Waals surface area contributed by atoms with Crippen LogP contribution in [0.2, 0.25) is 0 Å². The van der Waals surface area contributed by atoms with Crippen LogP contribution in [0.1, 0.15) is 15.9 Å². The molecule has 0 aliphatic rings. The van der Waals surface area contributed by atoms with Gasteiger partial charge in [-0.25, -0.2) is 0 Å². The lowest BCUT2D eigenvalue weighted by Gasteiger charge is -2.21. The van der Waals surface area contributed by atoms with Crippen molar-refractivity contribution in [3.63, 3.8) is 0 Å². The van der Waals surface area contributed by atoms with E-state index in [1.165, 1.54) is 4.90 Å². The fourth-order valence-electron chi connectivity index (χ4n) is 2.44. The van der Waals surface area contributed by atoms with Gasteiger partial charge < -0.3 is 10.0 Å². The topological polar surface area (TPSA) is 64.3 Å². The maximum Gasteiger partial charge on any atom is 0.254 e. The number of hydrogen-bond acceptors (Lipinski definition) is 3. The molecule has 1 amide bonds. The lowest BCUT2D eigenvalue weighted by Crippen LogP contribution is -2.34. The summed E-state index contributed by atoms with van der Waals surface area (Å²) in [4.78, 5) is 14.3. The van der Waals surface area contributed by atoms with E-state index in [4.69, 9.17) is 5.11 Å². The number of amides is 1. The van der Waals surface area contributed by atoms with Crippen molar-refractivity contribution in [2.24, 2.45) is 0 Å². The number of benzene rings is 2. The van der Waals surface area contributed by atoms with Gasteiger partial charge in [0, 0.05) is 24.2 Å². The predicted octanol–water partition coefficient (Wildman–Crippen LogP) is 2.85. The Kier molecular flexibility index (Phi) is 5.67. The molecule has 0 radical (unpaired) electrons. The third-order valence-electron chi connectivity index (χ3n) is 3.50. The minimum Gasteiger partial charge on any atom is -0.395 e. The zero-order chi connectivity index (χ0) is 16.7. The number of aliphatic hydroxyl groups is 1. The molecule has 2 aromatic rings. The maximum atomic E-state index is 12.8. The summed E-state index contributed by atoms with van der Waals surface area (Å²) in [5, 5.41) is 18.5. The molecule has 0 bridgehead atoms. The van der Waals surface area contributed by atoms with Gasteiger partial charge in [-0.2, -0.15) is 5.26 Å². The van der Waals surface area contributed by atoms with Crippen LogP contribution in [-0.2, 0) is 0 Å². The summed E-state index contributed by atoms with van der Waals surface area (Å²) >= 11 is 0. The first-order valence-corrected chi connectivity index (χ1v) is 7.32. The summed E-state index contributed by atoms with van der Waals surface area (Å²) in [5.41, 5.74) is 2.46. The standard InChI is InChI=1S/C19H18N2O2/c1-2-11-21(12-13-22)19(23)18-10-6-5-9-17(18)16-8-4-3-7-15(16)14-20/h2-10,22H,1,11-13H2. The molecule has 2 aromatic carbocycles. The highest BCUT2D eigenvalue weighted by atomic mass is 16.3. The van der Waals surface area contributed by atoms with Crippen LogP contribution in [0, 0.1) is 11.3 Å². The Morgan fingerprint density at radius 3 is 2.48 bits per heavy atom. The first-order valence-electron chi connectivity index (χ1n) is 7.32. The van der Waals surface area contributed by atoms with Crippen molar-refractivity contribution in [2.75, 3.05) is 19.7 Å². The molecular formula is C19H18N2O2. The van der Waals surface area contributed by atoms with Crippen molar-refractivity contribution in [2.45, 2.75) is 0 Å². The quantitative estimate of drug-likeness (QED) is 0.835. The highest BCUT2D eigenvalue weighted by Crippen LogP contribution is 2.27. The Balaban J connectivity index is 2.51. The molecule has 0 saturated heterocycles. The summed E-state index contributed by atoms with van der Waals surface area (Å²) in [5.74, 6) is -0.192. The van der Waals surface area contributed by atoms with Gasteiger partial charge in [0.1, 0.15) is 0 Å². The van der Waals surface area contributed by atoms with Crippen LogP contribution in [0.3, 0.4) is 0 Å². The van der Waals surface area contributed by atoms with Crippen molar-refractivity contribution in [1.29, 1.82) is 5.26 Å². The molecule has 0 aliphatic heterocycles. The van der Waals surface area contributed by atoms with E-state index in [0.29, 0.717) is 23.2 Å². The largest absolute Gasteiger partial charge is 0.395 e. The van der Waals surface area contributed by atoms with E-state index in [2.05, 4.69) is 12.6 Å². The van der Waals surface area contributed by atoms with E-state index < -0.39 is 0 Å². The fourth-order valence-corrected chi connectivity index (χ4v) is 2.44.